The normalized spacial score (nSPS) is 13.7. The first-order valence-electron chi connectivity index (χ1n) is 5.81. The molecular weight excluding hydrogens is 230 g/mol. The van der Waals surface area contributed by atoms with E-state index in [4.69, 9.17) is 11.5 Å². The summed E-state index contributed by atoms with van der Waals surface area (Å²) in [6.07, 6.45) is 0.430. The zero-order valence-electron chi connectivity index (χ0n) is 10.6. The van der Waals surface area contributed by atoms with Gasteiger partial charge in [-0.25, -0.2) is 0 Å². The number of nitrogens with two attached hydrogens (primary N) is 2. The number of rotatable bonds is 5. The van der Waals surface area contributed by atoms with E-state index in [2.05, 4.69) is 5.32 Å². The Morgan fingerprint density at radius 2 is 2.06 bits per heavy atom. The standard InChI is InChI=1S/C13H19N3O2/c1-8-4-3-5-10(6-8)7-11(14)13(18)16-9(2)12(15)17/h3-6,9,11H,7,14H2,1-2H3,(H2,15,17)(H,16,18)/t9-,11+/m0/s1. The van der Waals surface area contributed by atoms with E-state index >= 15 is 0 Å². The molecule has 2 amide bonds. The molecule has 0 aliphatic heterocycles. The molecule has 1 rings (SSSR count). The molecule has 5 heteroatoms. The molecule has 0 heterocycles. The number of amides is 2. The topological polar surface area (TPSA) is 98.2 Å². The Labute approximate surface area is 107 Å². The lowest BCUT2D eigenvalue weighted by Crippen LogP contribution is -2.49. The van der Waals surface area contributed by atoms with Crippen molar-refractivity contribution in [2.45, 2.75) is 32.4 Å². The molecule has 0 radical (unpaired) electrons. The van der Waals surface area contributed by atoms with Crippen LogP contribution in [0.5, 0.6) is 0 Å². The summed E-state index contributed by atoms with van der Waals surface area (Å²) >= 11 is 0. The minimum absolute atomic E-state index is 0.372. The van der Waals surface area contributed by atoms with Crippen molar-refractivity contribution >= 4 is 11.8 Å². The Kier molecular flexibility index (Phi) is 4.85. The van der Waals surface area contributed by atoms with Crippen LogP contribution in [-0.4, -0.2) is 23.9 Å². The third-order valence-corrected chi connectivity index (χ3v) is 2.66. The number of hydrogen-bond acceptors (Lipinski definition) is 3. The molecule has 0 fully saturated rings. The van der Waals surface area contributed by atoms with Crippen LogP contribution in [0.15, 0.2) is 24.3 Å². The van der Waals surface area contributed by atoms with Gasteiger partial charge in [-0.05, 0) is 25.8 Å². The summed E-state index contributed by atoms with van der Waals surface area (Å²) in [5, 5.41) is 2.48. The fourth-order valence-electron chi connectivity index (χ4n) is 1.58. The van der Waals surface area contributed by atoms with E-state index in [1.165, 1.54) is 6.92 Å². The quantitative estimate of drug-likeness (QED) is 0.677. The largest absolute Gasteiger partial charge is 0.368 e. The molecule has 0 aliphatic carbocycles. The summed E-state index contributed by atoms with van der Waals surface area (Å²) in [7, 11) is 0. The minimum Gasteiger partial charge on any atom is -0.368 e. The molecule has 5 nitrogen and oxygen atoms in total. The Morgan fingerprint density at radius 3 is 2.61 bits per heavy atom. The predicted molar refractivity (Wildman–Crippen MR) is 69.7 cm³/mol. The maximum Gasteiger partial charge on any atom is 0.239 e. The van der Waals surface area contributed by atoms with Crippen molar-refractivity contribution in [3.05, 3.63) is 35.4 Å². The van der Waals surface area contributed by atoms with Crippen LogP contribution in [0.2, 0.25) is 0 Å². The summed E-state index contributed by atoms with van der Waals surface area (Å²) in [5.41, 5.74) is 13.0. The molecule has 0 unspecified atom stereocenters. The van der Waals surface area contributed by atoms with Crippen LogP contribution in [0.4, 0.5) is 0 Å². The molecule has 0 bridgehead atoms. The van der Waals surface area contributed by atoms with Crippen LogP contribution < -0.4 is 16.8 Å². The highest BCUT2D eigenvalue weighted by Gasteiger charge is 2.18. The fourth-order valence-corrected chi connectivity index (χ4v) is 1.58. The number of carbonyl (C=O) groups is 2. The second kappa shape index (κ2) is 6.16. The van der Waals surface area contributed by atoms with Gasteiger partial charge in [-0.15, -0.1) is 0 Å². The molecule has 1 aromatic carbocycles. The summed E-state index contributed by atoms with van der Waals surface area (Å²) in [5.74, 6) is -0.950. The van der Waals surface area contributed by atoms with E-state index in [0.29, 0.717) is 6.42 Å². The number of aryl methyl sites for hydroxylation is 1. The second-order valence-electron chi connectivity index (χ2n) is 4.43. The maximum absolute atomic E-state index is 11.7. The van der Waals surface area contributed by atoms with Crippen molar-refractivity contribution in [1.29, 1.82) is 0 Å². The number of carbonyl (C=O) groups excluding carboxylic acids is 2. The summed E-state index contributed by atoms with van der Waals surface area (Å²) < 4.78 is 0. The van der Waals surface area contributed by atoms with Crippen molar-refractivity contribution < 1.29 is 9.59 Å². The maximum atomic E-state index is 11.7. The van der Waals surface area contributed by atoms with Crippen molar-refractivity contribution in [3.8, 4) is 0 Å². The number of primary amides is 1. The van der Waals surface area contributed by atoms with E-state index in [1.54, 1.807) is 0 Å². The summed E-state index contributed by atoms with van der Waals surface area (Å²) in [4.78, 5) is 22.5. The predicted octanol–water partition coefficient (Wildman–Crippen LogP) is -0.145. The van der Waals surface area contributed by atoms with Gasteiger partial charge in [-0.2, -0.15) is 0 Å². The van der Waals surface area contributed by atoms with Crippen molar-refractivity contribution in [3.63, 3.8) is 0 Å². The van der Waals surface area contributed by atoms with Crippen molar-refractivity contribution in [1.82, 2.24) is 5.32 Å². The van der Waals surface area contributed by atoms with Gasteiger partial charge >= 0.3 is 0 Å². The van der Waals surface area contributed by atoms with Gasteiger partial charge in [-0.1, -0.05) is 29.8 Å². The van der Waals surface area contributed by atoms with Gasteiger partial charge < -0.3 is 16.8 Å². The number of benzene rings is 1. The molecule has 98 valence electrons. The van der Waals surface area contributed by atoms with Crippen LogP contribution in [0.25, 0.3) is 0 Å². The molecule has 0 aliphatic rings. The first-order valence-corrected chi connectivity index (χ1v) is 5.81. The van der Waals surface area contributed by atoms with Gasteiger partial charge in [0.1, 0.15) is 6.04 Å². The zero-order valence-corrected chi connectivity index (χ0v) is 10.6. The first kappa shape index (κ1) is 14.2. The van der Waals surface area contributed by atoms with Crippen molar-refractivity contribution in [2.75, 3.05) is 0 Å². The van der Waals surface area contributed by atoms with Gasteiger partial charge in [0.05, 0.1) is 6.04 Å². The van der Waals surface area contributed by atoms with E-state index in [1.807, 2.05) is 31.2 Å². The Balaban J connectivity index is 2.57. The van der Waals surface area contributed by atoms with Crippen LogP contribution in [0, 0.1) is 6.92 Å². The molecule has 0 saturated heterocycles. The summed E-state index contributed by atoms with van der Waals surface area (Å²) in [6.45, 7) is 3.50. The second-order valence-corrected chi connectivity index (χ2v) is 4.43. The Bertz CT molecular complexity index is 446. The first-order chi connectivity index (χ1) is 8.40. The monoisotopic (exact) mass is 249 g/mol. The van der Waals surface area contributed by atoms with E-state index in [-0.39, 0.29) is 5.91 Å². The lowest BCUT2D eigenvalue weighted by molar-refractivity contribution is -0.127. The smallest absolute Gasteiger partial charge is 0.239 e. The van der Waals surface area contributed by atoms with Crippen LogP contribution in [-0.2, 0) is 16.0 Å². The van der Waals surface area contributed by atoms with Gasteiger partial charge in [0.15, 0.2) is 0 Å². The molecule has 0 aromatic heterocycles. The molecule has 5 N–H and O–H groups in total. The fraction of sp³-hybridized carbons (Fsp3) is 0.385. The zero-order chi connectivity index (χ0) is 13.7. The van der Waals surface area contributed by atoms with Crippen LogP contribution >= 0.6 is 0 Å². The highest BCUT2D eigenvalue weighted by atomic mass is 16.2. The molecule has 0 spiro atoms. The number of nitrogens with one attached hydrogen (secondary N) is 1. The van der Waals surface area contributed by atoms with Gasteiger partial charge in [0.2, 0.25) is 11.8 Å². The lowest BCUT2D eigenvalue weighted by atomic mass is 10.0. The Morgan fingerprint density at radius 1 is 1.39 bits per heavy atom. The average Bonchev–Trinajstić information content (AvgIpc) is 2.28. The van der Waals surface area contributed by atoms with Crippen LogP contribution in [0.1, 0.15) is 18.1 Å². The SMILES string of the molecule is Cc1cccc(C[C@@H](N)C(=O)N[C@@H](C)C(N)=O)c1. The summed E-state index contributed by atoms with van der Waals surface area (Å²) in [6, 6.07) is 6.39. The average molecular weight is 249 g/mol. The van der Waals surface area contributed by atoms with Crippen LogP contribution in [0.3, 0.4) is 0 Å². The molecular formula is C13H19N3O2. The van der Waals surface area contributed by atoms with E-state index < -0.39 is 18.0 Å². The highest BCUT2D eigenvalue weighted by Crippen LogP contribution is 2.06. The van der Waals surface area contributed by atoms with E-state index in [9.17, 15) is 9.59 Å². The van der Waals surface area contributed by atoms with Gasteiger partial charge in [0.25, 0.3) is 0 Å². The Hall–Kier alpha value is -1.88. The minimum atomic E-state index is -0.707. The lowest BCUT2D eigenvalue weighted by Gasteiger charge is -2.15. The molecule has 2 atom stereocenters. The van der Waals surface area contributed by atoms with Gasteiger partial charge in [-0.3, -0.25) is 9.59 Å². The van der Waals surface area contributed by atoms with Crippen molar-refractivity contribution in [2.24, 2.45) is 11.5 Å². The van der Waals surface area contributed by atoms with E-state index in [0.717, 1.165) is 11.1 Å². The number of hydrogen-bond donors (Lipinski definition) is 3. The molecule has 1 aromatic rings. The highest BCUT2D eigenvalue weighted by molar-refractivity contribution is 5.88. The molecule has 0 saturated carbocycles. The molecule has 18 heavy (non-hydrogen) atoms. The van der Waals surface area contributed by atoms with Gasteiger partial charge in [0, 0.05) is 0 Å². The third kappa shape index (κ3) is 4.18. The third-order valence-electron chi connectivity index (χ3n) is 2.66.